The van der Waals surface area contributed by atoms with E-state index in [4.69, 9.17) is 5.11 Å². The average Bonchev–Trinajstić information content (AvgIpc) is 2.48. The van der Waals surface area contributed by atoms with Crippen LogP contribution in [0, 0.1) is 6.92 Å². The molecule has 1 heterocycles. The summed E-state index contributed by atoms with van der Waals surface area (Å²) < 4.78 is 0. The molecule has 1 amide bonds. The van der Waals surface area contributed by atoms with Gasteiger partial charge in [-0.05, 0) is 43.0 Å². The Morgan fingerprint density at radius 2 is 2.00 bits per heavy atom. The lowest BCUT2D eigenvalue weighted by molar-refractivity contribution is 0.0690. The van der Waals surface area contributed by atoms with Crippen molar-refractivity contribution in [2.75, 3.05) is 11.6 Å². The van der Waals surface area contributed by atoms with E-state index in [-0.39, 0.29) is 11.6 Å². The normalized spacial score (nSPS) is 10.2. The summed E-state index contributed by atoms with van der Waals surface area (Å²) in [5.41, 5.74) is 1.86. The molecule has 0 aliphatic heterocycles. The number of nitrogens with zero attached hydrogens (tertiary/aromatic N) is 1. The molecule has 6 heteroatoms. The number of amides is 1. The van der Waals surface area contributed by atoms with Gasteiger partial charge in [-0.3, -0.25) is 4.79 Å². The summed E-state index contributed by atoms with van der Waals surface area (Å²) >= 11 is 1.56. The zero-order valence-corrected chi connectivity index (χ0v) is 12.4. The zero-order valence-electron chi connectivity index (χ0n) is 11.6. The van der Waals surface area contributed by atoms with Crippen LogP contribution in [0.2, 0.25) is 0 Å². The average molecular weight is 302 g/mol. The van der Waals surface area contributed by atoms with Gasteiger partial charge in [-0.1, -0.05) is 6.07 Å². The number of thioether (sulfide) groups is 1. The van der Waals surface area contributed by atoms with Gasteiger partial charge in [0.1, 0.15) is 5.69 Å². The second-order valence-corrected chi connectivity index (χ2v) is 5.25. The van der Waals surface area contributed by atoms with Gasteiger partial charge in [0.25, 0.3) is 5.91 Å². The number of carbonyl (C=O) groups is 2. The lowest BCUT2D eigenvalue weighted by atomic mass is 10.1. The quantitative estimate of drug-likeness (QED) is 0.849. The molecular formula is C15H14N2O3S. The molecule has 0 unspecified atom stereocenters. The van der Waals surface area contributed by atoms with E-state index >= 15 is 0 Å². The van der Waals surface area contributed by atoms with E-state index < -0.39 is 5.97 Å². The van der Waals surface area contributed by atoms with Crippen LogP contribution in [0.15, 0.2) is 41.4 Å². The second-order valence-electron chi connectivity index (χ2n) is 4.37. The number of benzene rings is 1. The fourth-order valence-electron chi connectivity index (χ4n) is 1.77. The van der Waals surface area contributed by atoms with Crippen molar-refractivity contribution in [3.05, 3.63) is 53.3 Å². The molecule has 0 radical (unpaired) electrons. The molecular weight excluding hydrogens is 288 g/mol. The Bertz CT molecular complexity index is 684. The van der Waals surface area contributed by atoms with Crippen LogP contribution in [0.3, 0.4) is 0 Å². The summed E-state index contributed by atoms with van der Waals surface area (Å²) in [6.07, 6.45) is 3.27. The number of carboxylic acids is 1. The number of hydrogen-bond donors (Lipinski definition) is 2. The third-order valence-electron chi connectivity index (χ3n) is 2.93. The molecule has 0 saturated carbocycles. The first-order valence-electron chi connectivity index (χ1n) is 6.16. The van der Waals surface area contributed by atoms with Crippen molar-refractivity contribution < 1.29 is 14.7 Å². The Kier molecular flexibility index (Phi) is 4.59. The number of aryl methyl sites for hydroxylation is 1. The minimum absolute atomic E-state index is 0.0615. The fraction of sp³-hybridized carbons (Fsp3) is 0.133. The van der Waals surface area contributed by atoms with Gasteiger partial charge < -0.3 is 10.4 Å². The van der Waals surface area contributed by atoms with E-state index in [1.807, 2.05) is 31.4 Å². The third-order valence-corrected chi connectivity index (χ3v) is 3.66. The molecule has 1 aromatic carbocycles. The number of carbonyl (C=O) groups excluding carboxylic acids is 1. The van der Waals surface area contributed by atoms with Crippen LogP contribution in [0.4, 0.5) is 5.69 Å². The predicted octanol–water partition coefficient (Wildman–Crippen LogP) is 3.06. The number of aromatic carboxylic acids is 1. The Labute approximate surface area is 126 Å². The standard InChI is InChI=1S/C15H14N2O3S/c1-9-3-5-11(21-2)7-12(9)14(18)17-10-4-6-13(15(19)20)16-8-10/h3-8H,1-2H3,(H,17,18)(H,19,20). The highest BCUT2D eigenvalue weighted by molar-refractivity contribution is 7.98. The largest absolute Gasteiger partial charge is 0.477 e. The maximum Gasteiger partial charge on any atom is 0.354 e. The highest BCUT2D eigenvalue weighted by atomic mass is 32.2. The van der Waals surface area contributed by atoms with Crippen molar-refractivity contribution in [3.8, 4) is 0 Å². The Balaban J connectivity index is 2.19. The van der Waals surface area contributed by atoms with Crippen molar-refractivity contribution in [3.63, 3.8) is 0 Å². The number of rotatable bonds is 4. The topological polar surface area (TPSA) is 79.3 Å². The van der Waals surface area contributed by atoms with Gasteiger partial charge in [0.15, 0.2) is 0 Å². The highest BCUT2D eigenvalue weighted by Gasteiger charge is 2.11. The van der Waals surface area contributed by atoms with Crippen LogP contribution < -0.4 is 5.32 Å². The van der Waals surface area contributed by atoms with E-state index in [0.717, 1.165) is 10.5 Å². The highest BCUT2D eigenvalue weighted by Crippen LogP contribution is 2.20. The number of carboxylic acid groups (broad SMARTS) is 1. The predicted molar refractivity (Wildman–Crippen MR) is 82.1 cm³/mol. The number of aromatic nitrogens is 1. The summed E-state index contributed by atoms with van der Waals surface area (Å²) in [5.74, 6) is -1.34. The molecule has 2 N–H and O–H groups in total. The van der Waals surface area contributed by atoms with Gasteiger partial charge in [-0.15, -0.1) is 11.8 Å². The van der Waals surface area contributed by atoms with Gasteiger partial charge in [-0.25, -0.2) is 9.78 Å². The number of nitrogens with one attached hydrogen (secondary N) is 1. The second kappa shape index (κ2) is 6.41. The molecule has 21 heavy (non-hydrogen) atoms. The molecule has 0 aliphatic carbocycles. The summed E-state index contributed by atoms with van der Waals surface area (Å²) in [6.45, 7) is 1.87. The van der Waals surface area contributed by atoms with E-state index in [1.165, 1.54) is 18.3 Å². The smallest absolute Gasteiger partial charge is 0.354 e. The third kappa shape index (κ3) is 3.61. The van der Waals surface area contributed by atoms with Crippen LogP contribution in [0.5, 0.6) is 0 Å². The molecule has 0 saturated heterocycles. The van der Waals surface area contributed by atoms with Gasteiger partial charge in [0, 0.05) is 10.5 Å². The van der Waals surface area contributed by atoms with Gasteiger partial charge in [0.2, 0.25) is 0 Å². The van der Waals surface area contributed by atoms with Crippen LogP contribution in [0.1, 0.15) is 26.4 Å². The first-order chi connectivity index (χ1) is 10.0. The lowest BCUT2D eigenvalue weighted by Crippen LogP contribution is -2.14. The van der Waals surface area contributed by atoms with Gasteiger partial charge >= 0.3 is 5.97 Å². The lowest BCUT2D eigenvalue weighted by Gasteiger charge is -2.09. The maximum absolute atomic E-state index is 12.3. The molecule has 5 nitrogen and oxygen atoms in total. The van der Waals surface area contributed by atoms with E-state index in [2.05, 4.69) is 10.3 Å². The molecule has 2 rings (SSSR count). The SMILES string of the molecule is CSc1ccc(C)c(C(=O)Nc2ccc(C(=O)O)nc2)c1. The maximum atomic E-state index is 12.3. The summed E-state index contributed by atoms with van der Waals surface area (Å²) in [5, 5.41) is 11.5. The van der Waals surface area contributed by atoms with Crippen molar-refractivity contribution >= 4 is 29.3 Å². The van der Waals surface area contributed by atoms with Crippen LogP contribution in [-0.2, 0) is 0 Å². The summed E-state index contributed by atoms with van der Waals surface area (Å²) in [4.78, 5) is 27.7. The molecule has 0 bridgehead atoms. The number of anilines is 1. The van der Waals surface area contributed by atoms with E-state index in [0.29, 0.717) is 11.3 Å². The van der Waals surface area contributed by atoms with E-state index in [9.17, 15) is 9.59 Å². The Morgan fingerprint density at radius 1 is 1.24 bits per heavy atom. The first kappa shape index (κ1) is 15.1. The zero-order chi connectivity index (χ0) is 15.4. The monoisotopic (exact) mass is 302 g/mol. The van der Waals surface area contributed by atoms with Crippen LogP contribution in [-0.4, -0.2) is 28.2 Å². The fourth-order valence-corrected chi connectivity index (χ4v) is 2.21. The minimum Gasteiger partial charge on any atom is -0.477 e. The van der Waals surface area contributed by atoms with E-state index in [1.54, 1.807) is 11.8 Å². The first-order valence-corrected chi connectivity index (χ1v) is 7.39. The summed E-state index contributed by atoms with van der Waals surface area (Å²) in [7, 11) is 0. The number of hydrogen-bond acceptors (Lipinski definition) is 4. The number of pyridine rings is 1. The van der Waals surface area contributed by atoms with Crippen LogP contribution in [0.25, 0.3) is 0 Å². The van der Waals surface area contributed by atoms with Gasteiger partial charge in [-0.2, -0.15) is 0 Å². The molecule has 0 aliphatic rings. The Morgan fingerprint density at radius 3 is 2.57 bits per heavy atom. The summed E-state index contributed by atoms with van der Waals surface area (Å²) in [6, 6.07) is 8.55. The molecule has 1 aromatic heterocycles. The molecule has 0 spiro atoms. The molecule has 2 aromatic rings. The van der Waals surface area contributed by atoms with Crippen LogP contribution >= 0.6 is 11.8 Å². The Hall–Kier alpha value is -2.34. The molecule has 0 fully saturated rings. The van der Waals surface area contributed by atoms with Crippen molar-refractivity contribution in [2.45, 2.75) is 11.8 Å². The minimum atomic E-state index is -1.10. The molecule has 0 atom stereocenters. The van der Waals surface area contributed by atoms with Crippen molar-refractivity contribution in [1.29, 1.82) is 0 Å². The molecule has 108 valence electrons. The van der Waals surface area contributed by atoms with Crippen molar-refractivity contribution in [2.24, 2.45) is 0 Å². The van der Waals surface area contributed by atoms with Gasteiger partial charge in [0.05, 0.1) is 11.9 Å². The van der Waals surface area contributed by atoms with Crippen molar-refractivity contribution in [1.82, 2.24) is 4.98 Å².